The zero-order chi connectivity index (χ0) is 15.3. The fraction of sp³-hybridized carbons (Fsp3) is 0.533. The van der Waals surface area contributed by atoms with Crippen molar-refractivity contribution in [2.45, 2.75) is 46.1 Å². The molecule has 0 aliphatic carbocycles. The van der Waals surface area contributed by atoms with E-state index < -0.39 is 0 Å². The van der Waals surface area contributed by atoms with Crippen molar-refractivity contribution in [3.63, 3.8) is 0 Å². The molecule has 0 bridgehead atoms. The van der Waals surface area contributed by atoms with Gasteiger partial charge >= 0.3 is 0 Å². The SMILES string of the molecule is CCCCN(C(=O)c1cc(N)c(Cl)c(Cl)c1)C(C)CC. The Bertz CT molecular complexity index is 454. The van der Waals surface area contributed by atoms with Gasteiger partial charge < -0.3 is 10.6 Å². The highest BCUT2D eigenvalue weighted by Crippen LogP contribution is 2.30. The Hall–Kier alpha value is -0.930. The van der Waals surface area contributed by atoms with Gasteiger partial charge in [0.2, 0.25) is 0 Å². The minimum absolute atomic E-state index is 0.0435. The van der Waals surface area contributed by atoms with E-state index in [1.54, 1.807) is 12.1 Å². The van der Waals surface area contributed by atoms with Crippen molar-refractivity contribution in [1.29, 1.82) is 0 Å². The first kappa shape index (κ1) is 17.1. The van der Waals surface area contributed by atoms with E-state index in [1.807, 2.05) is 4.90 Å². The lowest BCUT2D eigenvalue weighted by molar-refractivity contribution is 0.0685. The van der Waals surface area contributed by atoms with Crippen LogP contribution in [0.15, 0.2) is 12.1 Å². The van der Waals surface area contributed by atoms with Crippen LogP contribution in [0.3, 0.4) is 0 Å². The van der Waals surface area contributed by atoms with Crippen molar-refractivity contribution in [2.75, 3.05) is 12.3 Å². The summed E-state index contributed by atoms with van der Waals surface area (Å²) in [5.74, 6) is -0.0435. The van der Waals surface area contributed by atoms with Gasteiger partial charge in [-0.25, -0.2) is 0 Å². The van der Waals surface area contributed by atoms with Gasteiger partial charge in [0.05, 0.1) is 15.7 Å². The van der Waals surface area contributed by atoms with E-state index in [9.17, 15) is 4.79 Å². The van der Waals surface area contributed by atoms with E-state index >= 15 is 0 Å². The summed E-state index contributed by atoms with van der Waals surface area (Å²) in [6.07, 6.45) is 2.93. The van der Waals surface area contributed by atoms with Gasteiger partial charge in [-0.1, -0.05) is 43.5 Å². The van der Waals surface area contributed by atoms with Gasteiger partial charge in [0.25, 0.3) is 5.91 Å². The minimum atomic E-state index is -0.0435. The smallest absolute Gasteiger partial charge is 0.254 e. The molecule has 0 aromatic heterocycles. The number of carbonyl (C=O) groups excluding carboxylic acids is 1. The first-order valence-electron chi connectivity index (χ1n) is 6.97. The molecule has 112 valence electrons. The lowest BCUT2D eigenvalue weighted by Gasteiger charge is -2.29. The fourth-order valence-corrected chi connectivity index (χ4v) is 2.31. The number of anilines is 1. The predicted octanol–water partition coefficient (Wildman–Crippen LogP) is 4.62. The second-order valence-electron chi connectivity index (χ2n) is 4.97. The number of unbranched alkanes of at least 4 members (excludes halogenated alkanes) is 1. The van der Waals surface area contributed by atoms with Crippen LogP contribution in [0.4, 0.5) is 5.69 Å². The van der Waals surface area contributed by atoms with Crippen molar-refractivity contribution < 1.29 is 4.79 Å². The maximum Gasteiger partial charge on any atom is 0.254 e. The molecule has 0 fully saturated rings. The number of hydrogen-bond donors (Lipinski definition) is 1. The molecule has 1 rings (SSSR count). The molecular weight excluding hydrogens is 295 g/mol. The molecule has 1 aromatic carbocycles. The molecule has 0 saturated heterocycles. The highest BCUT2D eigenvalue weighted by Gasteiger charge is 2.21. The average Bonchev–Trinajstić information content (AvgIpc) is 2.43. The van der Waals surface area contributed by atoms with Crippen LogP contribution in [0.2, 0.25) is 10.0 Å². The third kappa shape index (κ3) is 4.03. The van der Waals surface area contributed by atoms with E-state index in [2.05, 4.69) is 20.8 Å². The number of amides is 1. The molecule has 1 unspecified atom stereocenters. The largest absolute Gasteiger partial charge is 0.397 e. The Morgan fingerprint density at radius 1 is 1.35 bits per heavy atom. The van der Waals surface area contributed by atoms with Crippen LogP contribution in [0.1, 0.15) is 50.4 Å². The van der Waals surface area contributed by atoms with Gasteiger partial charge in [0.15, 0.2) is 0 Å². The molecule has 1 aromatic rings. The molecule has 1 amide bonds. The molecule has 0 aliphatic heterocycles. The van der Waals surface area contributed by atoms with Crippen LogP contribution in [0.5, 0.6) is 0 Å². The summed E-state index contributed by atoms with van der Waals surface area (Å²) in [6, 6.07) is 3.37. The van der Waals surface area contributed by atoms with E-state index in [0.29, 0.717) is 21.3 Å². The van der Waals surface area contributed by atoms with Gasteiger partial charge in [-0.3, -0.25) is 4.79 Å². The Labute approximate surface area is 131 Å². The molecule has 5 heteroatoms. The summed E-state index contributed by atoms with van der Waals surface area (Å²) in [6.45, 7) is 6.97. The molecule has 20 heavy (non-hydrogen) atoms. The second-order valence-corrected chi connectivity index (χ2v) is 5.76. The first-order chi connectivity index (χ1) is 9.42. The maximum absolute atomic E-state index is 12.6. The Morgan fingerprint density at radius 3 is 2.50 bits per heavy atom. The van der Waals surface area contributed by atoms with Gasteiger partial charge in [-0.15, -0.1) is 0 Å². The molecular formula is C15H22Cl2N2O. The molecule has 1 atom stereocenters. The maximum atomic E-state index is 12.6. The summed E-state index contributed by atoms with van der Waals surface area (Å²) in [7, 11) is 0. The third-order valence-electron chi connectivity index (χ3n) is 3.44. The standard InChI is InChI=1S/C15H22Cl2N2O/c1-4-6-7-19(10(3)5-2)15(20)11-8-12(16)14(17)13(18)9-11/h8-10H,4-7,18H2,1-3H3. The number of nitrogens with two attached hydrogens (primary N) is 1. The first-order valence-corrected chi connectivity index (χ1v) is 7.73. The topological polar surface area (TPSA) is 46.3 Å². The predicted molar refractivity (Wildman–Crippen MR) is 86.6 cm³/mol. The second kappa shape index (κ2) is 7.75. The lowest BCUT2D eigenvalue weighted by Crippen LogP contribution is -2.39. The van der Waals surface area contributed by atoms with Crippen LogP contribution >= 0.6 is 23.2 Å². The molecule has 2 N–H and O–H groups in total. The van der Waals surface area contributed by atoms with Crippen molar-refractivity contribution in [1.82, 2.24) is 4.90 Å². The van der Waals surface area contributed by atoms with Crippen LogP contribution in [-0.4, -0.2) is 23.4 Å². The fourth-order valence-electron chi connectivity index (χ4n) is 1.97. The molecule has 0 spiro atoms. The zero-order valence-electron chi connectivity index (χ0n) is 12.2. The zero-order valence-corrected chi connectivity index (χ0v) is 13.8. The van der Waals surface area contributed by atoms with E-state index in [4.69, 9.17) is 28.9 Å². The van der Waals surface area contributed by atoms with Gasteiger partial charge in [0, 0.05) is 18.2 Å². The van der Waals surface area contributed by atoms with Crippen molar-refractivity contribution in [2.24, 2.45) is 0 Å². The lowest BCUT2D eigenvalue weighted by atomic mass is 10.1. The molecule has 0 aliphatic rings. The minimum Gasteiger partial charge on any atom is -0.397 e. The number of carbonyl (C=O) groups is 1. The summed E-state index contributed by atoms with van der Waals surface area (Å²) >= 11 is 11.9. The summed E-state index contributed by atoms with van der Waals surface area (Å²) in [5.41, 5.74) is 6.61. The van der Waals surface area contributed by atoms with Crippen molar-refractivity contribution in [3.05, 3.63) is 27.7 Å². The van der Waals surface area contributed by atoms with Crippen LogP contribution in [-0.2, 0) is 0 Å². The third-order valence-corrected chi connectivity index (χ3v) is 4.26. The Kier molecular flexibility index (Phi) is 6.63. The molecule has 0 saturated carbocycles. The Balaban J connectivity index is 3.05. The number of halogens is 2. The number of nitrogens with zero attached hydrogens (tertiary/aromatic N) is 1. The molecule has 0 heterocycles. The average molecular weight is 317 g/mol. The van der Waals surface area contributed by atoms with Gasteiger partial charge in [-0.2, -0.15) is 0 Å². The quantitative estimate of drug-likeness (QED) is 0.778. The van der Waals surface area contributed by atoms with Crippen molar-refractivity contribution >= 4 is 34.8 Å². The number of rotatable bonds is 6. The number of nitrogen functional groups attached to an aromatic ring is 1. The number of hydrogen-bond acceptors (Lipinski definition) is 2. The highest BCUT2D eigenvalue weighted by atomic mass is 35.5. The Morgan fingerprint density at radius 2 is 2.00 bits per heavy atom. The van der Waals surface area contributed by atoms with Crippen LogP contribution in [0.25, 0.3) is 0 Å². The van der Waals surface area contributed by atoms with E-state index in [1.165, 1.54) is 0 Å². The summed E-state index contributed by atoms with van der Waals surface area (Å²) in [5, 5.41) is 0.612. The van der Waals surface area contributed by atoms with Gasteiger partial charge in [0.1, 0.15) is 0 Å². The molecule has 3 nitrogen and oxygen atoms in total. The van der Waals surface area contributed by atoms with Crippen molar-refractivity contribution in [3.8, 4) is 0 Å². The van der Waals surface area contributed by atoms with Crippen LogP contribution < -0.4 is 5.73 Å². The normalized spacial score (nSPS) is 12.2. The summed E-state index contributed by atoms with van der Waals surface area (Å²) in [4.78, 5) is 14.5. The van der Waals surface area contributed by atoms with Gasteiger partial charge in [-0.05, 0) is 31.9 Å². The highest BCUT2D eigenvalue weighted by molar-refractivity contribution is 6.43. The monoisotopic (exact) mass is 316 g/mol. The number of benzene rings is 1. The van der Waals surface area contributed by atoms with E-state index in [-0.39, 0.29) is 11.9 Å². The van der Waals surface area contributed by atoms with E-state index in [0.717, 1.165) is 25.8 Å². The summed E-state index contributed by atoms with van der Waals surface area (Å²) < 4.78 is 0. The molecule has 0 radical (unpaired) electrons. The van der Waals surface area contributed by atoms with Crippen LogP contribution in [0, 0.1) is 0 Å².